The van der Waals surface area contributed by atoms with Crippen LogP contribution in [0.3, 0.4) is 0 Å². The fourth-order valence-electron chi connectivity index (χ4n) is 2.65. The topological polar surface area (TPSA) is 46.2 Å². The smallest absolute Gasteiger partial charge is 0.150 e. The first-order chi connectivity index (χ1) is 9.00. The molecule has 2 atom stereocenters. The first-order valence-corrected chi connectivity index (χ1v) is 9.64. The van der Waals surface area contributed by atoms with Crippen LogP contribution in [0.5, 0.6) is 0 Å². The molecule has 3 nitrogen and oxygen atoms in total. The van der Waals surface area contributed by atoms with Crippen LogP contribution in [0.4, 0.5) is 0 Å². The van der Waals surface area contributed by atoms with Crippen LogP contribution in [0, 0.1) is 12.8 Å². The maximum Gasteiger partial charge on any atom is 0.150 e. The Morgan fingerprint density at radius 2 is 2.26 bits per heavy atom. The van der Waals surface area contributed by atoms with Crippen molar-refractivity contribution in [3.05, 3.63) is 21.9 Å². The summed E-state index contributed by atoms with van der Waals surface area (Å²) in [6.45, 7) is 5.26. The summed E-state index contributed by atoms with van der Waals surface area (Å²) in [7, 11) is -2.76. The molecule has 1 N–H and O–H groups in total. The fourth-order valence-corrected chi connectivity index (χ4v) is 5.50. The third kappa shape index (κ3) is 4.29. The summed E-state index contributed by atoms with van der Waals surface area (Å²) >= 11 is 1.82. The van der Waals surface area contributed by atoms with Crippen molar-refractivity contribution in [2.24, 2.45) is 5.92 Å². The minimum atomic E-state index is -2.76. The molecule has 2 heterocycles. The van der Waals surface area contributed by atoms with E-state index in [0.29, 0.717) is 23.5 Å². The summed E-state index contributed by atoms with van der Waals surface area (Å²) in [6.07, 6.45) is 2.88. The molecule has 1 aliphatic rings. The highest BCUT2D eigenvalue weighted by Crippen LogP contribution is 2.32. The summed E-state index contributed by atoms with van der Waals surface area (Å²) in [5, 5.41) is 3.57. The molecular formula is C14H23NO2S2. The molecule has 0 spiro atoms. The molecule has 0 aliphatic carbocycles. The van der Waals surface area contributed by atoms with Gasteiger partial charge in [0.2, 0.25) is 0 Å². The number of hydrogen-bond donors (Lipinski definition) is 1. The number of sulfone groups is 1. The normalized spacial score (nSPS) is 23.6. The Kier molecular flexibility index (Phi) is 5.03. The number of hydrogen-bond acceptors (Lipinski definition) is 4. The summed E-state index contributed by atoms with van der Waals surface area (Å²) in [5.41, 5.74) is 0. The lowest BCUT2D eigenvalue weighted by molar-refractivity contribution is 0.419. The Labute approximate surface area is 120 Å². The van der Waals surface area contributed by atoms with Gasteiger partial charge in [-0.1, -0.05) is 6.92 Å². The predicted octanol–water partition coefficient (Wildman–Crippen LogP) is 2.92. The lowest BCUT2D eigenvalue weighted by Gasteiger charge is -2.20. The zero-order chi connectivity index (χ0) is 13.9. The van der Waals surface area contributed by atoms with Gasteiger partial charge in [-0.15, -0.1) is 11.3 Å². The SMILES string of the molecule is CCCNC(CC1CCS(=O)(=O)C1)c1ccc(C)s1. The van der Waals surface area contributed by atoms with Crippen molar-refractivity contribution < 1.29 is 8.42 Å². The predicted molar refractivity (Wildman–Crippen MR) is 81.5 cm³/mol. The molecule has 19 heavy (non-hydrogen) atoms. The zero-order valence-electron chi connectivity index (χ0n) is 11.7. The highest BCUT2D eigenvalue weighted by Gasteiger charge is 2.30. The van der Waals surface area contributed by atoms with Gasteiger partial charge in [-0.3, -0.25) is 0 Å². The van der Waals surface area contributed by atoms with Crippen molar-refractivity contribution in [3.8, 4) is 0 Å². The highest BCUT2D eigenvalue weighted by molar-refractivity contribution is 7.91. The van der Waals surface area contributed by atoms with Gasteiger partial charge in [-0.2, -0.15) is 0 Å². The van der Waals surface area contributed by atoms with E-state index in [4.69, 9.17) is 0 Å². The van der Waals surface area contributed by atoms with E-state index in [1.54, 1.807) is 0 Å². The number of thiophene rings is 1. The Morgan fingerprint density at radius 1 is 1.47 bits per heavy atom. The van der Waals surface area contributed by atoms with Crippen LogP contribution in [0.25, 0.3) is 0 Å². The van der Waals surface area contributed by atoms with Gasteiger partial charge in [-0.05, 0) is 50.8 Å². The van der Waals surface area contributed by atoms with Gasteiger partial charge in [0.1, 0.15) is 0 Å². The molecule has 1 fully saturated rings. The second-order valence-corrected chi connectivity index (χ2v) is 9.01. The van der Waals surface area contributed by atoms with Gasteiger partial charge in [0, 0.05) is 15.8 Å². The van der Waals surface area contributed by atoms with E-state index in [1.807, 2.05) is 11.3 Å². The Morgan fingerprint density at radius 3 is 2.79 bits per heavy atom. The van der Waals surface area contributed by atoms with E-state index in [-0.39, 0.29) is 0 Å². The molecule has 1 aliphatic heterocycles. The standard InChI is InChI=1S/C14H23NO2S2/c1-3-7-15-13(14-5-4-11(2)18-14)9-12-6-8-19(16,17)10-12/h4-5,12-13,15H,3,6-10H2,1-2H3. The number of nitrogens with one attached hydrogen (secondary N) is 1. The van der Waals surface area contributed by atoms with Gasteiger partial charge in [0.25, 0.3) is 0 Å². The summed E-state index contributed by atoms with van der Waals surface area (Å²) in [4.78, 5) is 2.66. The van der Waals surface area contributed by atoms with Gasteiger partial charge < -0.3 is 5.32 Å². The summed E-state index contributed by atoms with van der Waals surface area (Å²) < 4.78 is 23.1. The van der Waals surface area contributed by atoms with E-state index in [9.17, 15) is 8.42 Å². The average molecular weight is 301 g/mol. The van der Waals surface area contributed by atoms with Crippen molar-refractivity contribution in [1.29, 1.82) is 0 Å². The van der Waals surface area contributed by atoms with Crippen LogP contribution in [0.2, 0.25) is 0 Å². The van der Waals surface area contributed by atoms with E-state index >= 15 is 0 Å². The van der Waals surface area contributed by atoms with Crippen LogP contribution in [0.1, 0.15) is 42.0 Å². The molecule has 0 bridgehead atoms. The van der Waals surface area contributed by atoms with Crippen molar-refractivity contribution >= 4 is 21.2 Å². The molecule has 2 unspecified atom stereocenters. The van der Waals surface area contributed by atoms with Gasteiger partial charge in [0.05, 0.1) is 11.5 Å². The quantitative estimate of drug-likeness (QED) is 0.879. The van der Waals surface area contributed by atoms with E-state index in [2.05, 4.69) is 31.3 Å². The van der Waals surface area contributed by atoms with Crippen LogP contribution in [0.15, 0.2) is 12.1 Å². The largest absolute Gasteiger partial charge is 0.309 e. The zero-order valence-corrected chi connectivity index (χ0v) is 13.3. The molecular weight excluding hydrogens is 278 g/mol. The van der Waals surface area contributed by atoms with Crippen molar-refractivity contribution in [2.45, 2.75) is 39.2 Å². The summed E-state index contributed by atoms with van der Waals surface area (Å²) in [5.74, 6) is 1.07. The second kappa shape index (κ2) is 6.37. The van der Waals surface area contributed by atoms with Crippen molar-refractivity contribution in [2.75, 3.05) is 18.1 Å². The fraction of sp³-hybridized carbons (Fsp3) is 0.714. The van der Waals surface area contributed by atoms with Crippen molar-refractivity contribution in [3.63, 3.8) is 0 Å². The first kappa shape index (κ1) is 15.0. The van der Waals surface area contributed by atoms with Crippen LogP contribution < -0.4 is 5.32 Å². The Balaban J connectivity index is 2.02. The van der Waals surface area contributed by atoms with E-state index < -0.39 is 9.84 Å². The maximum absolute atomic E-state index is 11.6. The van der Waals surface area contributed by atoms with Crippen LogP contribution >= 0.6 is 11.3 Å². The number of rotatable bonds is 6. The molecule has 2 rings (SSSR count). The summed E-state index contributed by atoms with van der Waals surface area (Å²) in [6, 6.07) is 4.64. The molecule has 5 heteroatoms. The number of aryl methyl sites for hydroxylation is 1. The van der Waals surface area contributed by atoms with Gasteiger partial charge in [0.15, 0.2) is 9.84 Å². The minimum absolute atomic E-state index is 0.317. The molecule has 0 amide bonds. The molecule has 0 radical (unpaired) electrons. The van der Waals surface area contributed by atoms with E-state index in [0.717, 1.165) is 25.8 Å². The van der Waals surface area contributed by atoms with E-state index in [1.165, 1.54) is 9.75 Å². The molecule has 0 saturated carbocycles. The Hall–Kier alpha value is -0.390. The van der Waals surface area contributed by atoms with Gasteiger partial charge in [-0.25, -0.2) is 8.42 Å². The maximum atomic E-state index is 11.6. The molecule has 1 aromatic heterocycles. The molecule has 1 saturated heterocycles. The third-order valence-electron chi connectivity index (χ3n) is 3.64. The molecule has 108 valence electrons. The van der Waals surface area contributed by atoms with Crippen molar-refractivity contribution in [1.82, 2.24) is 5.32 Å². The molecule has 1 aromatic rings. The third-order valence-corrected chi connectivity index (χ3v) is 6.59. The monoisotopic (exact) mass is 301 g/mol. The van der Waals surface area contributed by atoms with Crippen LogP contribution in [-0.2, 0) is 9.84 Å². The van der Waals surface area contributed by atoms with Gasteiger partial charge >= 0.3 is 0 Å². The first-order valence-electron chi connectivity index (χ1n) is 7.00. The highest BCUT2D eigenvalue weighted by atomic mass is 32.2. The van der Waals surface area contributed by atoms with Crippen LogP contribution in [-0.4, -0.2) is 26.5 Å². The lowest BCUT2D eigenvalue weighted by atomic mass is 9.98. The minimum Gasteiger partial charge on any atom is -0.309 e. The average Bonchev–Trinajstić information content (AvgIpc) is 2.91. The second-order valence-electron chi connectivity index (χ2n) is 5.46. The lowest BCUT2D eigenvalue weighted by Crippen LogP contribution is -2.24. The Bertz CT molecular complexity index is 507. The molecule has 0 aromatic carbocycles.